The zero-order chi connectivity index (χ0) is 15.9. The number of para-hydroxylation sites is 1. The van der Waals surface area contributed by atoms with E-state index in [1.807, 2.05) is 0 Å². The van der Waals surface area contributed by atoms with Gasteiger partial charge >= 0.3 is 0 Å². The van der Waals surface area contributed by atoms with E-state index >= 15 is 0 Å². The minimum atomic E-state index is -0.926. The molecule has 0 heterocycles. The summed E-state index contributed by atoms with van der Waals surface area (Å²) in [6, 6.07) is 11.6. The van der Waals surface area contributed by atoms with Crippen molar-refractivity contribution in [3.05, 3.63) is 65.7 Å². The summed E-state index contributed by atoms with van der Waals surface area (Å²) >= 11 is 0. The number of benzene rings is 2. The van der Waals surface area contributed by atoms with Crippen LogP contribution in [0.3, 0.4) is 0 Å². The van der Waals surface area contributed by atoms with Gasteiger partial charge in [0.15, 0.2) is 0 Å². The Morgan fingerprint density at radius 2 is 2.00 bits per heavy atom. The van der Waals surface area contributed by atoms with Crippen molar-refractivity contribution < 1.29 is 18.4 Å². The Bertz CT molecular complexity index is 689. The summed E-state index contributed by atoms with van der Waals surface area (Å²) in [5, 5.41) is 6.02. The fraction of sp³-hybridized carbons (Fsp3) is 0.125. The van der Waals surface area contributed by atoms with E-state index in [1.54, 1.807) is 12.1 Å². The second-order valence-electron chi connectivity index (χ2n) is 4.51. The number of nitrogens with zero attached hydrogens (tertiary/aromatic N) is 1. The summed E-state index contributed by atoms with van der Waals surface area (Å²) < 4.78 is 26.4. The third-order valence-electron chi connectivity index (χ3n) is 2.77. The van der Waals surface area contributed by atoms with Crippen molar-refractivity contribution >= 4 is 17.8 Å². The van der Waals surface area contributed by atoms with E-state index in [1.165, 1.54) is 49.5 Å². The van der Waals surface area contributed by atoms with E-state index in [0.29, 0.717) is 5.56 Å². The van der Waals surface area contributed by atoms with Crippen LogP contribution in [0.4, 0.5) is 14.5 Å². The second kappa shape index (κ2) is 7.31. The SMILES string of the molecule is C[C@@H](O/N=C\c1cccc(F)c1)C(=O)Nc1ccccc1F. The van der Waals surface area contributed by atoms with Crippen molar-refractivity contribution in [2.24, 2.45) is 5.16 Å². The van der Waals surface area contributed by atoms with Crippen molar-refractivity contribution in [1.82, 2.24) is 0 Å². The predicted octanol–water partition coefficient (Wildman–Crippen LogP) is 3.34. The topological polar surface area (TPSA) is 50.7 Å². The van der Waals surface area contributed by atoms with Crippen LogP contribution >= 0.6 is 0 Å². The van der Waals surface area contributed by atoms with Crippen LogP contribution in [0.15, 0.2) is 53.7 Å². The van der Waals surface area contributed by atoms with Crippen LogP contribution in [0, 0.1) is 11.6 Å². The molecule has 0 saturated heterocycles. The van der Waals surface area contributed by atoms with Gasteiger partial charge < -0.3 is 10.2 Å². The molecular formula is C16H14F2N2O2. The van der Waals surface area contributed by atoms with Gasteiger partial charge in [0, 0.05) is 0 Å². The number of hydrogen-bond acceptors (Lipinski definition) is 3. The van der Waals surface area contributed by atoms with Gasteiger partial charge in [-0.05, 0) is 36.8 Å². The first-order valence-corrected chi connectivity index (χ1v) is 6.56. The Labute approximate surface area is 126 Å². The van der Waals surface area contributed by atoms with Gasteiger partial charge in [0.25, 0.3) is 5.91 Å². The zero-order valence-electron chi connectivity index (χ0n) is 11.8. The Kier molecular flexibility index (Phi) is 5.19. The van der Waals surface area contributed by atoms with Crippen LogP contribution in [0.2, 0.25) is 0 Å². The molecule has 22 heavy (non-hydrogen) atoms. The maximum Gasteiger partial charge on any atom is 0.268 e. The second-order valence-corrected chi connectivity index (χ2v) is 4.51. The molecule has 0 bridgehead atoms. The molecule has 2 rings (SSSR count). The monoisotopic (exact) mass is 304 g/mol. The average Bonchev–Trinajstić information content (AvgIpc) is 2.49. The highest BCUT2D eigenvalue weighted by molar-refractivity contribution is 5.94. The average molecular weight is 304 g/mol. The summed E-state index contributed by atoms with van der Waals surface area (Å²) in [6.45, 7) is 1.47. The van der Waals surface area contributed by atoms with Crippen LogP contribution in [0.25, 0.3) is 0 Å². The highest BCUT2D eigenvalue weighted by atomic mass is 19.1. The highest BCUT2D eigenvalue weighted by Crippen LogP contribution is 2.13. The summed E-state index contributed by atoms with van der Waals surface area (Å²) in [5.74, 6) is -1.47. The molecule has 0 aliphatic heterocycles. The maximum atomic E-state index is 13.4. The summed E-state index contributed by atoms with van der Waals surface area (Å²) in [4.78, 5) is 16.8. The lowest BCUT2D eigenvalue weighted by Crippen LogP contribution is -2.26. The van der Waals surface area contributed by atoms with E-state index in [0.717, 1.165) is 0 Å². The first-order chi connectivity index (χ1) is 10.6. The molecule has 1 atom stereocenters. The first-order valence-electron chi connectivity index (χ1n) is 6.56. The van der Waals surface area contributed by atoms with Gasteiger partial charge in [-0.15, -0.1) is 0 Å². The Balaban J connectivity index is 1.90. The lowest BCUT2D eigenvalue weighted by molar-refractivity contribution is -0.126. The number of anilines is 1. The van der Waals surface area contributed by atoms with E-state index in [9.17, 15) is 13.6 Å². The van der Waals surface area contributed by atoms with E-state index in [4.69, 9.17) is 4.84 Å². The van der Waals surface area contributed by atoms with Gasteiger partial charge in [-0.3, -0.25) is 4.79 Å². The van der Waals surface area contributed by atoms with Crippen molar-refractivity contribution in [3.8, 4) is 0 Å². The van der Waals surface area contributed by atoms with Crippen molar-refractivity contribution in [2.45, 2.75) is 13.0 Å². The van der Waals surface area contributed by atoms with Gasteiger partial charge in [0.05, 0.1) is 11.9 Å². The molecule has 4 nitrogen and oxygen atoms in total. The van der Waals surface area contributed by atoms with E-state index in [-0.39, 0.29) is 5.69 Å². The van der Waals surface area contributed by atoms with E-state index < -0.39 is 23.6 Å². The molecule has 0 spiro atoms. The molecule has 0 unspecified atom stereocenters. The quantitative estimate of drug-likeness (QED) is 0.680. The van der Waals surface area contributed by atoms with E-state index in [2.05, 4.69) is 10.5 Å². The molecule has 114 valence electrons. The van der Waals surface area contributed by atoms with Crippen LogP contribution in [-0.2, 0) is 9.63 Å². The molecule has 6 heteroatoms. The molecule has 0 saturated carbocycles. The summed E-state index contributed by atoms with van der Waals surface area (Å²) in [7, 11) is 0. The standard InChI is InChI=1S/C16H14F2N2O2/c1-11(16(21)20-15-8-3-2-7-14(15)18)22-19-10-12-5-4-6-13(17)9-12/h2-11H,1H3,(H,20,21)/b19-10-/t11-/m1/s1. The van der Waals surface area contributed by atoms with Gasteiger partial charge in [0.2, 0.25) is 6.10 Å². The molecule has 2 aromatic rings. The summed E-state index contributed by atoms with van der Waals surface area (Å²) in [5.41, 5.74) is 0.568. The van der Waals surface area contributed by atoms with Crippen LogP contribution < -0.4 is 5.32 Å². The van der Waals surface area contributed by atoms with Gasteiger partial charge in [-0.25, -0.2) is 8.78 Å². The Hall–Kier alpha value is -2.76. The lowest BCUT2D eigenvalue weighted by Gasteiger charge is -2.10. The molecule has 0 aliphatic rings. The van der Waals surface area contributed by atoms with Crippen LogP contribution in [0.1, 0.15) is 12.5 Å². The molecule has 0 radical (unpaired) electrons. The Morgan fingerprint density at radius 3 is 2.73 bits per heavy atom. The Morgan fingerprint density at radius 1 is 1.23 bits per heavy atom. The van der Waals surface area contributed by atoms with Crippen LogP contribution in [-0.4, -0.2) is 18.2 Å². The number of oxime groups is 1. The lowest BCUT2D eigenvalue weighted by atomic mass is 10.2. The fourth-order valence-electron chi connectivity index (χ4n) is 1.61. The number of carbonyl (C=O) groups excluding carboxylic acids is 1. The number of halogens is 2. The van der Waals surface area contributed by atoms with Gasteiger partial charge in [0.1, 0.15) is 11.6 Å². The molecule has 2 aromatic carbocycles. The predicted molar refractivity (Wildman–Crippen MR) is 79.6 cm³/mol. The third-order valence-corrected chi connectivity index (χ3v) is 2.77. The smallest absolute Gasteiger partial charge is 0.268 e. The number of hydrogen-bond donors (Lipinski definition) is 1. The maximum absolute atomic E-state index is 13.4. The third kappa shape index (κ3) is 4.37. The number of nitrogens with one attached hydrogen (secondary N) is 1. The first kappa shape index (κ1) is 15.6. The fourth-order valence-corrected chi connectivity index (χ4v) is 1.61. The van der Waals surface area contributed by atoms with Gasteiger partial charge in [-0.1, -0.05) is 29.4 Å². The molecule has 1 amide bonds. The largest absolute Gasteiger partial charge is 0.383 e. The molecule has 0 fully saturated rings. The normalized spacial score (nSPS) is 12.1. The number of amides is 1. The van der Waals surface area contributed by atoms with Crippen molar-refractivity contribution in [3.63, 3.8) is 0 Å². The number of rotatable bonds is 5. The molecular weight excluding hydrogens is 290 g/mol. The number of carbonyl (C=O) groups is 1. The molecule has 1 N–H and O–H groups in total. The summed E-state index contributed by atoms with van der Waals surface area (Å²) in [6.07, 6.45) is 0.361. The van der Waals surface area contributed by atoms with Crippen molar-refractivity contribution in [2.75, 3.05) is 5.32 Å². The minimum absolute atomic E-state index is 0.0667. The molecule has 0 aromatic heterocycles. The molecule has 0 aliphatic carbocycles. The highest BCUT2D eigenvalue weighted by Gasteiger charge is 2.15. The van der Waals surface area contributed by atoms with Gasteiger partial charge in [-0.2, -0.15) is 0 Å². The zero-order valence-corrected chi connectivity index (χ0v) is 11.8. The van der Waals surface area contributed by atoms with Crippen LogP contribution in [0.5, 0.6) is 0 Å². The van der Waals surface area contributed by atoms with Crippen molar-refractivity contribution in [1.29, 1.82) is 0 Å². The minimum Gasteiger partial charge on any atom is -0.383 e.